The summed E-state index contributed by atoms with van der Waals surface area (Å²) in [4.78, 5) is 17.6. The van der Waals surface area contributed by atoms with Crippen molar-refractivity contribution in [3.05, 3.63) is 47.3 Å². The van der Waals surface area contributed by atoms with Crippen LogP contribution < -0.4 is 4.90 Å². The van der Waals surface area contributed by atoms with Gasteiger partial charge in [-0.15, -0.1) is 0 Å². The van der Waals surface area contributed by atoms with Gasteiger partial charge in [-0.2, -0.15) is 5.10 Å². The highest BCUT2D eigenvalue weighted by atomic mass is 16.2. The molecule has 1 saturated heterocycles. The minimum Gasteiger partial charge on any atom is -0.308 e. The van der Waals surface area contributed by atoms with Crippen LogP contribution in [-0.4, -0.2) is 46.8 Å². The van der Waals surface area contributed by atoms with Crippen LogP contribution in [0.25, 0.3) is 0 Å². The number of likely N-dealkylation sites (N-methyl/N-ethyl adjacent to an activating group) is 1. The molecule has 0 saturated carbocycles. The lowest BCUT2D eigenvalue weighted by molar-refractivity contribution is -0.119. The number of rotatable bonds is 3. The van der Waals surface area contributed by atoms with E-state index in [0.29, 0.717) is 18.4 Å². The van der Waals surface area contributed by atoms with Crippen molar-refractivity contribution in [1.29, 1.82) is 0 Å². The second-order valence-electron chi connectivity index (χ2n) is 7.57. The fraction of sp³-hybridized carbons (Fsp3) is 0.500. The number of fused-ring (bicyclic) bond motifs is 3. The summed E-state index contributed by atoms with van der Waals surface area (Å²) in [5.74, 6) is 0.682. The molecule has 0 N–H and O–H groups in total. The van der Waals surface area contributed by atoms with Gasteiger partial charge in [0.1, 0.15) is 0 Å². The van der Waals surface area contributed by atoms with E-state index in [1.165, 1.54) is 11.1 Å². The van der Waals surface area contributed by atoms with Gasteiger partial charge in [-0.25, -0.2) is 0 Å². The highest BCUT2D eigenvalue weighted by molar-refractivity contribution is 5.97. The smallest absolute Gasteiger partial charge is 0.227 e. The van der Waals surface area contributed by atoms with Gasteiger partial charge in [0.15, 0.2) is 0 Å². The first-order valence-corrected chi connectivity index (χ1v) is 9.11. The molecule has 2 aromatic rings. The Bertz CT molecular complexity index is 797. The zero-order valence-electron chi connectivity index (χ0n) is 15.3. The van der Waals surface area contributed by atoms with Crippen molar-refractivity contribution in [3.63, 3.8) is 0 Å². The number of benzene rings is 1. The standard InChI is InChI=1S/C20H26N4O/c1-14-4-6-18-16(10-14)17-13-22(2)9-8-19(17)24(18)20(25)7-5-15-11-21-23(3)12-15/h4,6,10-12,17,19H,5,7-9,13H2,1-3H3/t17-,19-/m1/s1. The number of hydrogen-bond donors (Lipinski definition) is 0. The number of carbonyl (C=O) groups excluding carboxylic acids is 1. The Balaban J connectivity index is 1.58. The average Bonchev–Trinajstić information content (AvgIpc) is 3.13. The number of anilines is 1. The van der Waals surface area contributed by atoms with Crippen LogP contribution in [0.5, 0.6) is 0 Å². The molecular formula is C20H26N4O. The largest absolute Gasteiger partial charge is 0.308 e. The summed E-state index contributed by atoms with van der Waals surface area (Å²) in [6.45, 7) is 4.22. The van der Waals surface area contributed by atoms with Crippen molar-refractivity contribution in [1.82, 2.24) is 14.7 Å². The molecule has 0 aliphatic carbocycles. The number of amides is 1. The molecule has 1 amide bonds. The second kappa shape index (κ2) is 6.30. The van der Waals surface area contributed by atoms with Crippen LogP contribution in [0.1, 0.15) is 35.4 Å². The number of likely N-dealkylation sites (tertiary alicyclic amines) is 1. The van der Waals surface area contributed by atoms with Gasteiger partial charge in [0.05, 0.1) is 6.20 Å². The molecule has 0 spiro atoms. The molecule has 3 heterocycles. The van der Waals surface area contributed by atoms with Gasteiger partial charge in [0.25, 0.3) is 0 Å². The van der Waals surface area contributed by atoms with Crippen molar-refractivity contribution in [2.24, 2.45) is 7.05 Å². The maximum atomic E-state index is 13.1. The van der Waals surface area contributed by atoms with Gasteiger partial charge < -0.3 is 9.80 Å². The summed E-state index contributed by atoms with van der Waals surface area (Å²) in [5, 5.41) is 4.20. The Labute approximate surface area is 149 Å². The van der Waals surface area contributed by atoms with E-state index in [9.17, 15) is 4.79 Å². The Morgan fingerprint density at radius 1 is 1.32 bits per heavy atom. The van der Waals surface area contributed by atoms with E-state index < -0.39 is 0 Å². The Morgan fingerprint density at radius 2 is 2.16 bits per heavy atom. The molecule has 1 fully saturated rings. The lowest BCUT2D eigenvalue weighted by Crippen LogP contribution is -2.47. The van der Waals surface area contributed by atoms with Crippen molar-refractivity contribution >= 4 is 11.6 Å². The normalized spacial score (nSPS) is 22.8. The molecule has 5 nitrogen and oxygen atoms in total. The third-order valence-electron chi connectivity index (χ3n) is 5.61. The number of aromatic nitrogens is 2. The topological polar surface area (TPSA) is 41.4 Å². The molecule has 25 heavy (non-hydrogen) atoms. The van der Waals surface area contributed by atoms with E-state index in [1.54, 1.807) is 4.68 Å². The van der Waals surface area contributed by atoms with Crippen LogP contribution in [0.3, 0.4) is 0 Å². The summed E-state index contributed by atoms with van der Waals surface area (Å²) in [5.41, 5.74) is 4.88. The van der Waals surface area contributed by atoms with Gasteiger partial charge in [-0.05, 0) is 50.6 Å². The molecule has 4 rings (SSSR count). The van der Waals surface area contributed by atoms with E-state index in [4.69, 9.17) is 0 Å². The summed E-state index contributed by atoms with van der Waals surface area (Å²) < 4.78 is 1.79. The predicted molar refractivity (Wildman–Crippen MR) is 98.8 cm³/mol. The number of aryl methyl sites for hydroxylation is 3. The van der Waals surface area contributed by atoms with Crippen LogP contribution in [0.2, 0.25) is 0 Å². The molecule has 0 unspecified atom stereocenters. The zero-order valence-corrected chi connectivity index (χ0v) is 15.3. The Morgan fingerprint density at radius 3 is 2.92 bits per heavy atom. The minimum absolute atomic E-state index is 0.242. The van der Waals surface area contributed by atoms with Gasteiger partial charge in [0, 0.05) is 43.9 Å². The molecular weight excluding hydrogens is 312 g/mol. The molecule has 1 aromatic carbocycles. The molecule has 0 radical (unpaired) electrons. The third-order valence-corrected chi connectivity index (χ3v) is 5.61. The van der Waals surface area contributed by atoms with Crippen molar-refractivity contribution in [2.45, 2.75) is 38.1 Å². The highest BCUT2D eigenvalue weighted by Crippen LogP contribution is 2.45. The summed E-state index contributed by atoms with van der Waals surface area (Å²) in [6, 6.07) is 6.86. The van der Waals surface area contributed by atoms with E-state index in [2.05, 4.69) is 47.1 Å². The number of nitrogens with zero attached hydrogens (tertiary/aromatic N) is 4. The van der Waals surface area contributed by atoms with E-state index in [0.717, 1.165) is 37.2 Å². The van der Waals surface area contributed by atoms with E-state index in [1.807, 2.05) is 19.4 Å². The van der Waals surface area contributed by atoms with Gasteiger partial charge in [0.2, 0.25) is 5.91 Å². The highest BCUT2D eigenvalue weighted by Gasteiger charge is 2.43. The van der Waals surface area contributed by atoms with Gasteiger partial charge in [-0.1, -0.05) is 17.7 Å². The van der Waals surface area contributed by atoms with Crippen molar-refractivity contribution in [2.75, 3.05) is 25.0 Å². The molecule has 2 atom stereocenters. The fourth-order valence-electron chi connectivity index (χ4n) is 4.38. The van der Waals surface area contributed by atoms with Crippen molar-refractivity contribution < 1.29 is 4.79 Å². The molecule has 0 bridgehead atoms. The monoisotopic (exact) mass is 338 g/mol. The maximum absolute atomic E-state index is 13.1. The maximum Gasteiger partial charge on any atom is 0.227 e. The lowest BCUT2D eigenvalue weighted by atomic mass is 9.89. The quantitative estimate of drug-likeness (QED) is 0.863. The molecule has 1 aromatic heterocycles. The van der Waals surface area contributed by atoms with E-state index >= 15 is 0 Å². The molecule has 2 aliphatic heterocycles. The van der Waals surface area contributed by atoms with Crippen LogP contribution in [0.4, 0.5) is 5.69 Å². The first-order valence-electron chi connectivity index (χ1n) is 9.11. The summed E-state index contributed by atoms with van der Waals surface area (Å²) >= 11 is 0. The SMILES string of the molecule is Cc1ccc2c(c1)[C@H]1CN(C)CC[C@H]1N2C(=O)CCc1cnn(C)c1. The first-order chi connectivity index (χ1) is 12.0. The first kappa shape index (κ1) is 16.3. The van der Waals surface area contributed by atoms with Crippen LogP contribution in [0.15, 0.2) is 30.6 Å². The van der Waals surface area contributed by atoms with Crippen LogP contribution in [0, 0.1) is 6.92 Å². The number of carbonyl (C=O) groups is 1. The average molecular weight is 338 g/mol. The van der Waals surface area contributed by atoms with Crippen molar-refractivity contribution in [3.8, 4) is 0 Å². The van der Waals surface area contributed by atoms with Crippen LogP contribution >= 0.6 is 0 Å². The molecule has 2 aliphatic rings. The predicted octanol–water partition coefficient (Wildman–Crippen LogP) is 2.50. The minimum atomic E-state index is 0.242. The summed E-state index contributed by atoms with van der Waals surface area (Å²) in [6.07, 6.45) is 6.19. The lowest BCUT2D eigenvalue weighted by Gasteiger charge is -2.36. The number of hydrogen-bond acceptors (Lipinski definition) is 3. The summed E-state index contributed by atoms with van der Waals surface area (Å²) in [7, 11) is 4.09. The fourth-order valence-corrected chi connectivity index (χ4v) is 4.38. The Hall–Kier alpha value is -2.14. The third kappa shape index (κ3) is 2.97. The number of piperidine rings is 1. The van der Waals surface area contributed by atoms with Gasteiger partial charge in [-0.3, -0.25) is 9.48 Å². The van der Waals surface area contributed by atoms with Gasteiger partial charge >= 0.3 is 0 Å². The molecule has 5 heteroatoms. The molecule has 132 valence electrons. The van der Waals surface area contributed by atoms with E-state index in [-0.39, 0.29) is 5.91 Å². The zero-order chi connectivity index (χ0) is 17.6. The second-order valence-corrected chi connectivity index (χ2v) is 7.57. The van der Waals surface area contributed by atoms with Crippen LogP contribution in [-0.2, 0) is 18.3 Å². The Kier molecular flexibility index (Phi) is 4.12.